The standard InChI is InChI=1S/C16H25NO/c1-3-17-16(12-14-8-10-18-11-9-14)15-6-4-13(2)5-7-15/h4-7,14,16-17H,3,8-12H2,1-2H3. The van der Waals surface area contributed by atoms with Crippen molar-refractivity contribution in [2.24, 2.45) is 5.92 Å². The lowest BCUT2D eigenvalue weighted by Crippen LogP contribution is -2.26. The predicted octanol–water partition coefficient (Wildman–Crippen LogP) is 3.46. The van der Waals surface area contributed by atoms with Gasteiger partial charge in [0.25, 0.3) is 0 Å². The minimum absolute atomic E-state index is 0.499. The van der Waals surface area contributed by atoms with Crippen LogP contribution in [0.5, 0.6) is 0 Å². The fraction of sp³-hybridized carbons (Fsp3) is 0.625. The van der Waals surface area contributed by atoms with E-state index in [0.717, 1.165) is 25.7 Å². The first kappa shape index (κ1) is 13.6. The van der Waals surface area contributed by atoms with E-state index in [0.29, 0.717) is 6.04 Å². The summed E-state index contributed by atoms with van der Waals surface area (Å²) in [6.07, 6.45) is 3.67. The number of aryl methyl sites for hydroxylation is 1. The second kappa shape index (κ2) is 6.91. The lowest BCUT2D eigenvalue weighted by Gasteiger charge is -2.27. The Hall–Kier alpha value is -0.860. The van der Waals surface area contributed by atoms with Crippen LogP contribution in [0, 0.1) is 12.8 Å². The van der Waals surface area contributed by atoms with Gasteiger partial charge in [0.2, 0.25) is 0 Å². The fourth-order valence-corrected chi connectivity index (χ4v) is 2.70. The highest BCUT2D eigenvalue weighted by molar-refractivity contribution is 5.24. The lowest BCUT2D eigenvalue weighted by molar-refractivity contribution is 0.0606. The zero-order chi connectivity index (χ0) is 12.8. The summed E-state index contributed by atoms with van der Waals surface area (Å²) in [6, 6.07) is 9.45. The molecule has 2 heteroatoms. The fourth-order valence-electron chi connectivity index (χ4n) is 2.70. The van der Waals surface area contributed by atoms with Gasteiger partial charge >= 0.3 is 0 Å². The average molecular weight is 247 g/mol. The van der Waals surface area contributed by atoms with E-state index in [2.05, 4.69) is 43.4 Å². The van der Waals surface area contributed by atoms with E-state index in [1.54, 1.807) is 0 Å². The van der Waals surface area contributed by atoms with E-state index < -0.39 is 0 Å². The Morgan fingerprint density at radius 3 is 2.50 bits per heavy atom. The molecule has 1 aliphatic heterocycles. The molecule has 1 saturated heterocycles. The van der Waals surface area contributed by atoms with E-state index in [1.807, 2.05) is 0 Å². The molecule has 1 heterocycles. The largest absolute Gasteiger partial charge is 0.381 e. The van der Waals surface area contributed by atoms with E-state index in [1.165, 1.54) is 30.4 Å². The summed E-state index contributed by atoms with van der Waals surface area (Å²) >= 11 is 0. The van der Waals surface area contributed by atoms with Crippen LogP contribution in [-0.2, 0) is 4.74 Å². The third kappa shape index (κ3) is 3.82. The van der Waals surface area contributed by atoms with Gasteiger partial charge in [-0.1, -0.05) is 36.8 Å². The first-order valence-corrected chi connectivity index (χ1v) is 7.17. The topological polar surface area (TPSA) is 21.3 Å². The van der Waals surface area contributed by atoms with Gasteiger partial charge in [-0.15, -0.1) is 0 Å². The molecule has 1 unspecified atom stereocenters. The molecule has 0 radical (unpaired) electrons. The zero-order valence-electron chi connectivity index (χ0n) is 11.6. The smallest absolute Gasteiger partial charge is 0.0468 e. The number of hydrogen-bond acceptors (Lipinski definition) is 2. The number of benzene rings is 1. The molecule has 18 heavy (non-hydrogen) atoms. The molecule has 1 aromatic rings. The average Bonchev–Trinajstić information content (AvgIpc) is 2.40. The van der Waals surface area contributed by atoms with Gasteiger partial charge < -0.3 is 10.1 Å². The van der Waals surface area contributed by atoms with Crippen molar-refractivity contribution in [1.82, 2.24) is 5.32 Å². The molecular formula is C16H25NO. The number of hydrogen-bond donors (Lipinski definition) is 1. The van der Waals surface area contributed by atoms with Gasteiger partial charge in [-0.05, 0) is 44.2 Å². The molecule has 1 N–H and O–H groups in total. The van der Waals surface area contributed by atoms with Crippen LogP contribution in [0.25, 0.3) is 0 Å². The molecule has 0 bridgehead atoms. The molecule has 0 aliphatic carbocycles. The number of nitrogens with one attached hydrogen (secondary N) is 1. The monoisotopic (exact) mass is 247 g/mol. The quantitative estimate of drug-likeness (QED) is 0.860. The van der Waals surface area contributed by atoms with Crippen LogP contribution in [0.15, 0.2) is 24.3 Å². The van der Waals surface area contributed by atoms with E-state index in [9.17, 15) is 0 Å². The van der Waals surface area contributed by atoms with Crippen LogP contribution in [0.1, 0.15) is 43.4 Å². The maximum atomic E-state index is 5.44. The van der Waals surface area contributed by atoms with Crippen molar-refractivity contribution < 1.29 is 4.74 Å². The van der Waals surface area contributed by atoms with Gasteiger partial charge in [0, 0.05) is 19.3 Å². The Bertz CT molecular complexity index is 341. The minimum atomic E-state index is 0.499. The molecule has 1 fully saturated rings. The van der Waals surface area contributed by atoms with Crippen molar-refractivity contribution in [3.8, 4) is 0 Å². The molecule has 0 amide bonds. The second-order valence-corrected chi connectivity index (χ2v) is 5.31. The summed E-state index contributed by atoms with van der Waals surface area (Å²) in [5.74, 6) is 0.809. The van der Waals surface area contributed by atoms with Gasteiger partial charge in [-0.25, -0.2) is 0 Å². The van der Waals surface area contributed by atoms with E-state index in [4.69, 9.17) is 4.74 Å². The van der Waals surface area contributed by atoms with Crippen molar-refractivity contribution in [3.63, 3.8) is 0 Å². The van der Waals surface area contributed by atoms with Crippen LogP contribution < -0.4 is 5.32 Å². The molecule has 2 nitrogen and oxygen atoms in total. The molecule has 0 saturated carbocycles. The van der Waals surface area contributed by atoms with Crippen LogP contribution >= 0.6 is 0 Å². The van der Waals surface area contributed by atoms with Crippen LogP contribution in [-0.4, -0.2) is 19.8 Å². The Balaban J connectivity index is 2.00. The summed E-state index contributed by atoms with van der Waals surface area (Å²) in [5.41, 5.74) is 2.76. The minimum Gasteiger partial charge on any atom is -0.381 e. The third-order valence-electron chi connectivity index (χ3n) is 3.84. The normalized spacial score (nSPS) is 18.8. The summed E-state index contributed by atoms with van der Waals surface area (Å²) in [5, 5.41) is 3.62. The summed E-state index contributed by atoms with van der Waals surface area (Å²) in [6.45, 7) is 7.24. The summed E-state index contributed by atoms with van der Waals surface area (Å²) < 4.78 is 5.44. The Kier molecular flexibility index (Phi) is 5.21. The molecule has 2 rings (SSSR count). The van der Waals surface area contributed by atoms with Gasteiger partial charge in [0.05, 0.1) is 0 Å². The van der Waals surface area contributed by atoms with Gasteiger partial charge in [0.15, 0.2) is 0 Å². The van der Waals surface area contributed by atoms with Gasteiger partial charge in [-0.3, -0.25) is 0 Å². The Morgan fingerprint density at radius 2 is 1.89 bits per heavy atom. The SMILES string of the molecule is CCNC(CC1CCOCC1)c1ccc(C)cc1. The van der Waals surface area contributed by atoms with Crippen molar-refractivity contribution in [2.45, 2.75) is 39.2 Å². The zero-order valence-corrected chi connectivity index (χ0v) is 11.6. The van der Waals surface area contributed by atoms with Crippen LogP contribution in [0.4, 0.5) is 0 Å². The van der Waals surface area contributed by atoms with Gasteiger partial charge in [0.1, 0.15) is 0 Å². The Morgan fingerprint density at radius 1 is 1.22 bits per heavy atom. The number of ether oxygens (including phenoxy) is 1. The summed E-state index contributed by atoms with van der Waals surface area (Å²) in [7, 11) is 0. The first-order chi connectivity index (χ1) is 8.79. The maximum Gasteiger partial charge on any atom is 0.0468 e. The molecule has 1 aromatic carbocycles. The van der Waals surface area contributed by atoms with Crippen LogP contribution in [0.2, 0.25) is 0 Å². The van der Waals surface area contributed by atoms with Gasteiger partial charge in [-0.2, -0.15) is 0 Å². The highest BCUT2D eigenvalue weighted by Gasteiger charge is 2.19. The van der Waals surface area contributed by atoms with Crippen molar-refractivity contribution >= 4 is 0 Å². The van der Waals surface area contributed by atoms with Crippen molar-refractivity contribution in [2.75, 3.05) is 19.8 Å². The van der Waals surface area contributed by atoms with E-state index >= 15 is 0 Å². The molecule has 0 aromatic heterocycles. The predicted molar refractivity (Wildman–Crippen MR) is 75.8 cm³/mol. The lowest BCUT2D eigenvalue weighted by atomic mass is 9.89. The first-order valence-electron chi connectivity index (χ1n) is 7.17. The van der Waals surface area contributed by atoms with Crippen molar-refractivity contribution in [1.29, 1.82) is 0 Å². The maximum absolute atomic E-state index is 5.44. The van der Waals surface area contributed by atoms with Crippen molar-refractivity contribution in [3.05, 3.63) is 35.4 Å². The Labute approximate surface area is 111 Å². The van der Waals surface area contributed by atoms with Crippen LogP contribution in [0.3, 0.4) is 0 Å². The number of rotatable bonds is 5. The molecule has 100 valence electrons. The highest BCUT2D eigenvalue weighted by Crippen LogP contribution is 2.27. The van der Waals surface area contributed by atoms with E-state index in [-0.39, 0.29) is 0 Å². The second-order valence-electron chi connectivity index (χ2n) is 5.31. The molecular weight excluding hydrogens is 222 g/mol. The molecule has 0 spiro atoms. The highest BCUT2D eigenvalue weighted by atomic mass is 16.5. The molecule has 1 atom stereocenters. The summed E-state index contributed by atoms with van der Waals surface area (Å²) in [4.78, 5) is 0. The third-order valence-corrected chi connectivity index (χ3v) is 3.84. The molecule has 1 aliphatic rings.